The van der Waals surface area contributed by atoms with Crippen LogP contribution in [-0.2, 0) is 4.79 Å². The topological polar surface area (TPSA) is 91.3 Å². The van der Waals surface area contributed by atoms with Crippen molar-refractivity contribution in [2.75, 3.05) is 5.32 Å². The summed E-state index contributed by atoms with van der Waals surface area (Å²) in [4.78, 5) is 28.0. The monoisotopic (exact) mass is 409 g/mol. The van der Waals surface area contributed by atoms with Gasteiger partial charge in [-0.1, -0.05) is 19.9 Å². The molecule has 1 aromatic carbocycles. The van der Waals surface area contributed by atoms with Gasteiger partial charge in [0.2, 0.25) is 5.91 Å². The maximum absolute atomic E-state index is 12.8. The molecule has 2 amide bonds. The van der Waals surface area contributed by atoms with Crippen molar-refractivity contribution >= 4 is 29.0 Å². The van der Waals surface area contributed by atoms with Crippen molar-refractivity contribution in [3.63, 3.8) is 0 Å². The summed E-state index contributed by atoms with van der Waals surface area (Å²) in [6.07, 6.45) is 2.69. The minimum Gasteiger partial charge on any atom is -0.465 e. The standard InChI is InChI=1S/C22H23N3O3S/c1-14(2)11-20(25-22(27)28)21(26)24-19-4-3-16(15-5-8-23-9-6-15)12-18(19)17-7-10-29-13-17/h3-10,12-14,20,25H,11H2,1-2H3,(H,24,26)(H,27,28). The number of rotatable bonds is 7. The van der Waals surface area contributed by atoms with E-state index in [1.807, 2.05) is 61.0 Å². The second-order valence-electron chi connectivity index (χ2n) is 7.13. The van der Waals surface area contributed by atoms with Crippen molar-refractivity contribution in [2.45, 2.75) is 26.3 Å². The van der Waals surface area contributed by atoms with Gasteiger partial charge in [-0.15, -0.1) is 0 Å². The number of nitrogens with zero attached hydrogens (tertiary/aromatic N) is 1. The smallest absolute Gasteiger partial charge is 0.405 e. The van der Waals surface area contributed by atoms with Gasteiger partial charge in [-0.25, -0.2) is 4.79 Å². The van der Waals surface area contributed by atoms with Crippen LogP contribution in [0.25, 0.3) is 22.3 Å². The third-order valence-corrected chi connectivity index (χ3v) is 5.13. The van der Waals surface area contributed by atoms with Crippen LogP contribution in [0.4, 0.5) is 10.5 Å². The Hall–Kier alpha value is -3.19. The molecule has 2 heterocycles. The highest BCUT2D eigenvalue weighted by atomic mass is 32.1. The van der Waals surface area contributed by atoms with Crippen LogP contribution in [0.15, 0.2) is 59.6 Å². The van der Waals surface area contributed by atoms with Crippen LogP contribution in [0, 0.1) is 5.92 Å². The number of carbonyl (C=O) groups excluding carboxylic acids is 1. The first-order valence-electron chi connectivity index (χ1n) is 9.31. The summed E-state index contributed by atoms with van der Waals surface area (Å²) < 4.78 is 0. The van der Waals surface area contributed by atoms with Gasteiger partial charge in [0, 0.05) is 23.6 Å². The lowest BCUT2D eigenvalue weighted by Crippen LogP contribution is -2.44. The highest BCUT2D eigenvalue weighted by Crippen LogP contribution is 2.34. The fourth-order valence-electron chi connectivity index (χ4n) is 3.11. The molecule has 0 aliphatic rings. The van der Waals surface area contributed by atoms with Gasteiger partial charge in [0.15, 0.2) is 0 Å². The lowest BCUT2D eigenvalue weighted by atomic mass is 9.98. The van der Waals surface area contributed by atoms with Crippen LogP contribution >= 0.6 is 11.3 Å². The molecule has 7 heteroatoms. The summed E-state index contributed by atoms with van der Waals surface area (Å²) in [5.41, 5.74) is 4.56. The van der Waals surface area contributed by atoms with Crippen LogP contribution in [0.2, 0.25) is 0 Å². The molecule has 1 atom stereocenters. The van der Waals surface area contributed by atoms with Crippen LogP contribution in [0.1, 0.15) is 20.3 Å². The molecule has 0 saturated carbocycles. The van der Waals surface area contributed by atoms with Gasteiger partial charge in [-0.05, 0) is 70.1 Å². The minimum absolute atomic E-state index is 0.169. The number of carbonyl (C=O) groups is 2. The molecule has 0 fully saturated rings. The summed E-state index contributed by atoms with van der Waals surface area (Å²) in [6.45, 7) is 3.90. The number of hydrogen-bond donors (Lipinski definition) is 3. The summed E-state index contributed by atoms with van der Waals surface area (Å²) in [6, 6.07) is 10.8. The Balaban J connectivity index is 1.93. The minimum atomic E-state index is -1.21. The van der Waals surface area contributed by atoms with Crippen molar-refractivity contribution < 1.29 is 14.7 Å². The SMILES string of the molecule is CC(C)CC(NC(=O)O)C(=O)Nc1ccc(-c2ccncc2)cc1-c1ccsc1. The van der Waals surface area contributed by atoms with Crippen molar-refractivity contribution in [1.29, 1.82) is 0 Å². The molecule has 0 aliphatic heterocycles. The first-order valence-corrected chi connectivity index (χ1v) is 10.3. The number of anilines is 1. The molecule has 3 aromatic rings. The van der Waals surface area contributed by atoms with Crippen molar-refractivity contribution in [2.24, 2.45) is 5.92 Å². The van der Waals surface area contributed by atoms with Crippen LogP contribution < -0.4 is 10.6 Å². The molecule has 6 nitrogen and oxygen atoms in total. The van der Waals surface area contributed by atoms with E-state index < -0.39 is 12.1 Å². The number of amides is 2. The molecule has 0 radical (unpaired) electrons. The van der Waals surface area contributed by atoms with E-state index in [4.69, 9.17) is 5.11 Å². The number of aromatic nitrogens is 1. The van der Waals surface area contributed by atoms with Crippen molar-refractivity contribution in [3.8, 4) is 22.3 Å². The average Bonchev–Trinajstić information content (AvgIpc) is 3.22. The van der Waals surface area contributed by atoms with Gasteiger partial charge in [0.05, 0.1) is 0 Å². The van der Waals surface area contributed by atoms with E-state index in [-0.39, 0.29) is 11.8 Å². The van der Waals surface area contributed by atoms with E-state index in [1.165, 1.54) is 0 Å². The van der Waals surface area contributed by atoms with E-state index in [9.17, 15) is 9.59 Å². The normalized spacial score (nSPS) is 11.8. The van der Waals surface area contributed by atoms with Crippen molar-refractivity contribution in [3.05, 3.63) is 59.6 Å². The number of carboxylic acid groups (broad SMARTS) is 1. The quantitative estimate of drug-likeness (QED) is 0.506. The Labute approximate surface area is 173 Å². The highest BCUT2D eigenvalue weighted by molar-refractivity contribution is 7.08. The Morgan fingerprint density at radius 3 is 2.45 bits per heavy atom. The molecule has 150 valence electrons. The largest absolute Gasteiger partial charge is 0.465 e. The molecule has 3 rings (SSSR count). The Morgan fingerprint density at radius 1 is 1.07 bits per heavy atom. The fourth-order valence-corrected chi connectivity index (χ4v) is 3.76. The van der Waals surface area contributed by atoms with Gasteiger partial charge in [0.25, 0.3) is 0 Å². The molecule has 0 spiro atoms. The Morgan fingerprint density at radius 2 is 1.83 bits per heavy atom. The van der Waals surface area contributed by atoms with Crippen molar-refractivity contribution in [1.82, 2.24) is 10.3 Å². The van der Waals surface area contributed by atoms with E-state index in [2.05, 4.69) is 15.6 Å². The van der Waals surface area contributed by atoms with Crippen LogP contribution in [-0.4, -0.2) is 28.1 Å². The summed E-state index contributed by atoms with van der Waals surface area (Å²) >= 11 is 1.57. The molecule has 0 bridgehead atoms. The van der Waals surface area contributed by atoms with E-state index in [1.54, 1.807) is 23.7 Å². The number of nitrogens with one attached hydrogen (secondary N) is 2. The third-order valence-electron chi connectivity index (χ3n) is 4.44. The first kappa shape index (κ1) is 20.5. The number of pyridine rings is 1. The number of benzene rings is 1. The average molecular weight is 410 g/mol. The zero-order valence-corrected chi connectivity index (χ0v) is 17.1. The third kappa shape index (κ3) is 5.42. The molecule has 0 saturated heterocycles. The Kier molecular flexibility index (Phi) is 6.61. The molecule has 0 aliphatic carbocycles. The second kappa shape index (κ2) is 9.34. The van der Waals surface area contributed by atoms with Gasteiger partial charge in [-0.3, -0.25) is 9.78 Å². The zero-order valence-electron chi connectivity index (χ0n) is 16.3. The second-order valence-corrected chi connectivity index (χ2v) is 7.91. The molecular weight excluding hydrogens is 386 g/mol. The maximum atomic E-state index is 12.8. The van der Waals surface area contributed by atoms with Gasteiger partial charge in [-0.2, -0.15) is 11.3 Å². The summed E-state index contributed by atoms with van der Waals surface area (Å²) in [7, 11) is 0. The number of hydrogen-bond acceptors (Lipinski definition) is 4. The summed E-state index contributed by atoms with van der Waals surface area (Å²) in [5.74, 6) is -0.197. The number of thiophene rings is 1. The first-order chi connectivity index (χ1) is 13.9. The van der Waals surface area contributed by atoms with E-state index in [0.29, 0.717) is 12.1 Å². The zero-order chi connectivity index (χ0) is 20.8. The maximum Gasteiger partial charge on any atom is 0.405 e. The Bertz CT molecular complexity index is 972. The molecule has 29 heavy (non-hydrogen) atoms. The summed E-state index contributed by atoms with van der Waals surface area (Å²) in [5, 5.41) is 18.3. The fraction of sp³-hybridized carbons (Fsp3) is 0.227. The van der Waals surface area contributed by atoms with Gasteiger partial charge < -0.3 is 15.7 Å². The van der Waals surface area contributed by atoms with Gasteiger partial charge in [0.1, 0.15) is 6.04 Å². The predicted octanol–water partition coefficient (Wildman–Crippen LogP) is 5.10. The van der Waals surface area contributed by atoms with Gasteiger partial charge >= 0.3 is 6.09 Å². The van der Waals surface area contributed by atoms with Crippen LogP contribution in [0.3, 0.4) is 0 Å². The van der Waals surface area contributed by atoms with E-state index >= 15 is 0 Å². The molecular formula is C22H23N3O3S. The molecule has 3 N–H and O–H groups in total. The molecule has 1 unspecified atom stereocenters. The van der Waals surface area contributed by atoms with Crippen LogP contribution in [0.5, 0.6) is 0 Å². The molecule has 2 aromatic heterocycles. The lowest BCUT2D eigenvalue weighted by Gasteiger charge is -2.20. The predicted molar refractivity (Wildman–Crippen MR) is 116 cm³/mol. The van der Waals surface area contributed by atoms with E-state index in [0.717, 1.165) is 22.3 Å². The lowest BCUT2D eigenvalue weighted by molar-refractivity contribution is -0.118. The highest BCUT2D eigenvalue weighted by Gasteiger charge is 2.23.